The molecular weight excluding hydrogens is 422 g/mol. The van der Waals surface area contributed by atoms with Gasteiger partial charge in [0.25, 0.3) is 0 Å². The molecule has 0 aliphatic rings. The number of aliphatic hydroxyl groups is 1. The van der Waals surface area contributed by atoms with E-state index in [1.807, 2.05) is 19.1 Å². The first-order chi connectivity index (χ1) is 16.0. The van der Waals surface area contributed by atoms with Crippen molar-refractivity contribution in [2.75, 3.05) is 5.32 Å². The number of hydrogen-bond acceptors (Lipinski definition) is 9. The predicted molar refractivity (Wildman–Crippen MR) is 119 cm³/mol. The van der Waals surface area contributed by atoms with Gasteiger partial charge >= 0.3 is 0 Å². The fraction of sp³-hybridized carbons (Fsp3) is 0.273. The first-order valence-corrected chi connectivity index (χ1v) is 10.3. The molecule has 3 aromatic heterocycles. The highest BCUT2D eigenvalue weighted by molar-refractivity contribution is 5.66. The molecule has 0 aliphatic heterocycles. The first-order valence-electron chi connectivity index (χ1n) is 10.3. The molecule has 1 aromatic carbocycles. The third kappa shape index (κ3) is 5.69. The second kappa shape index (κ2) is 9.88. The third-order valence-corrected chi connectivity index (χ3v) is 4.67. The Labute approximate surface area is 190 Å². The van der Waals surface area contributed by atoms with Gasteiger partial charge in [0.15, 0.2) is 0 Å². The van der Waals surface area contributed by atoms with Crippen molar-refractivity contribution in [1.82, 2.24) is 34.5 Å². The van der Waals surface area contributed by atoms with Crippen LogP contribution in [0.2, 0.25) is 0 Å². The van der Waals surface area contributed by atoms with Crippen LogP contribution < -0.4 is 10.1 Å². The highest BCUT2D eigenvalue weighted by Gasteiger charge is 2.12. The minimum Gasteiger partial charge on any atom is -0.487 e. The van der Waals surface area contributed by atoms with Crippen molar-refractivity contribution in [3.05, 3.63) is 61.2 Å². The summed E-state index contributed by atoms with van der Waals surface area (Å²) in [5, 5.41) is 30.3. The maximum Gasteiger partial charge on any atom is 0.227 e. The van der Waals surface area contributed by atoms with Crippen LogP contribution in [-0.2, 0) is 13.1 Å². The molecule has 33 heavy (non-hydrogen) atoms. The van der Waals surface area contributed by atoms with Gasteiger partial charge in [0.2, 0.25) is 5.95 Å². The number of aliphatic hydroxyl groups excluding tert-OH is 1. The van der Waals surface area contributed by atoms with E-state index in [-0.39, 0.29) is 6.10 Å². The molecule has 0 amide bonds. The monoisotopic (exact) mass is 445 g/mol. The van der Waals surface area contributed by atoms with Crippen molar-refractivity contribution in [2.24, 2.45) is 0 Å². The van der Waals surface area contributed by atoms with Crippen molar-refractivity contribution in [3.8, 4) is 22.9 Å². The number of nitrogens with one attached hydrogen (secondary N) is 1. The molecular formula is C22H23N9O2. The van der Waals surface area contributed by atoms with Crippen LogP contribution in [0.1, 0.15) is 19.4 Å². The third-order valence-electron chi connectivity index (χ3n) is 4.67. The van der Waals surface area contributed by atoms with E-state index in [1.165, 1.54) is 6.33 Å². The maximum atomic E-state index is 9.46. The van der Waals surface area contributed by atoms with Crippen molar-refractivity contribution in [3.63, 3.8) is 0 Å². The summed E-state index contributed by atoms with van der Waals surface area (Å²) in [5.41, 5.74) is 2.77. The van der Waals surface area contributed by atoms with Crippen molar-refractivity contribution in [1.29, 1.82) is 5.26 Å². The van der Waals surface area contributed by atoms with Crippen LogP contribution in [-0.4, -0.2) is 51.8 Å². The average molecular weight is 445 g/mol. The fourth-order valence-corrected chi connectivity index (χ4v) is 3.21. The molecule has 0 spiro atoms. The van der Waals surface area contributed by atoms with Crippen LogP contribution in [0.25, 0.3) is 11.1 Å². The van der Waals surface area contributed by atoms with Crippen LogP contribution in [0, 0.1) is 11.3 Å². The van der Waals surface area contributed by atoms with Gasteiger partial charge in [-0.3, -0.25) is 4.68 Å². The summed E-state index contributed by atoms with van der Waals surface area (Å²) in [6, 6.07) is 7.52. The van der Waals surface area contributed by atoms with Crippen LogP contribution in [0.15, 0.2) is 55.6 Å². The lowest BCUT2D eigenvalue weighted by molar-refractivity contribution is 0.168. The van der Waals surface area contributed by atoms with Gasteiger partial charge in [-0.25, -0.2) is 19.6 Å². The molecule has 2 atom stereocenters. The zero-order valence-corrected chi connectivity index (χ0v) is 18.2. The van der Waals surface area contributed by atoms with Gasteiger partial charge in [-0.2, -0.15) is 15.5 Å². The number of anilines is 2. The summed E-state index contributed by atoms with van der Waals surface area (Å²) in [7, 11) is 0. The highest BCUT2D eigenvalue weighted by Crippen LogP contribution is 2.28. The van der Waals surface area contributed by atoms with Gasteiger partial charge in [0.05, 0.1) is 36.6 Å². The van der Waals surface area contributed by atoms with E-state index in [4.69, 9.17) is 4.74 Å². The number of ether oxygens (including phenoxy) is 1. The summed E-state index contributed by atoms with van der Waals surface area (Å²) in [5.74, 6) is 0.900. The van der Waals surface area contributed by atoms with E-state index in [2.05, 4.69) is 36.5 Å². The Morgan fingerprint density at radius 1 is 1.09 bits per heavy atom. The number of rotatable bonds is 9. The Kier molecular flexibility index (Phi) is 6.56. The Morgan fingerprint density at radius 3 is 2.61 bits per heavy atom. The lowest BCUT2D eigenvalue weighted by atomic mass is 10.1. The molecule has 11 heteroatoms. The van der Waals surface area contributed by atoms with Crippen LogP contribution >= 0.6 is 0 Å². The fourth-order valence-electron chi connectivity index (χ4n) is 3.21. The van der Waals surface area contributed by atoms with E-state index < -0.39 is 6.10 Å². The van der Waals surface area contributed by atoms with Gasteiger partial charge in [0.1, 0.15) is 30.6 Å². The van der Waals surface area contributed by atoms with E-state index in [0.717, 1.165) is 16.8 Å². The first kappa shape index (κ1) is 21.9. The molecule has 4 aromatic rings. The Bertz CT molecular complexity index is 1230. The quantitative estimate of drug-likeness (QED) is 0.397. The van der Waals surface area contributed by atoms with Gasteiger partial charge in [-0.05, 0) is 31.5 Å². The van der Waals surface area contributed by atoms with Crippen LogP contribution in [0.3, 0.4) is 0 Å². The molecule has 168 valence electrons. The molecule has 0 saturated carbocycles. The number of aromatic nitrogens is 7. The molecule has 4 rings (SSSR count). The molecule has 0 unspecified atom stereocenters. The summed E-state index contributed by atoms with van der Waals surface area (Å²) in [6.45, 7) is 4.52. The molecule has 0 bridgehead atoms. The lowest BCUT2D eigenvalue weighted by Crippen LogP contribution is -2.20. The summed E-state index contributed by atoms with van der Waals surface area (Å²) >= 11 is 0. The maximum absolute atomic E-state index is 9.46. The number of nitriles is 1. The van der Waals surface area contributed by atoms with Gasteiger partial charge in [-0.15, -0.1) is 0 Å². The number of nitrogens with zero attached hydrogens (tertiary/aromatic N) is 8. The van der Waals surface area contributed by atoms with E-state index in [9.17, 15) is 10.4 Å². The molecule has 0 fully saturated rings. The zero-order chi connectivity index (χ0) is 23.2. The average Bonchev–Trinajstić information content (AvgIpc) is 3.46. The topological polar surface area (TPSA) is 140 Å². The van der Waals surface area contributed by atoms with Crippen molar-refractivity contribution >= 4 is 11.6 Å². The molecule has 0 radical (unpaired) electrons. The van der Waals surface area contributed by atoms with Gasteiger partial charge < -0.3 is 15.2 Å². The Balaban J connectivity index is 1.46. The summed E-state index contributed by atoms with van der Waals surface area (Å²) < 4.78 is 9.33. The SMILES string of the molecule is C[C@H](O)Cn1cc(Nc2ncc(-c3ccc(C#N)c(O[C@@H](C)Cn4cncn4)c3)cn2)cn1. The smallest absolute Gasteiger partial charge is 0.227 e. The van der Waals surface area contributed by atoms with Gasteiger partial charge in [-0.1, -0.05) is 6.07 Å². The second-order valence-corrected chi connectivity index (χ2v) is 7.59. The molecule has 0 aliphatic carbocycles. The van der Waals surface area contributed by atoms with E-state index in [1.54, 1.807) is 53.5 Å². The standard InChI is InChI=1S/C22H23N9O2/c1-15(32)10-30-12-20(9-27-30)29-22-25-7-19(8-26-22)17-3-4-18(6-23)21(5-17)33-16(2)11-31-14-24-13-28-31/h3-5,7-9,12-16,32H,10-11H2,1-2H3,(H,25,26,29)/t15-,16-/m0/s1. The summed E-state index contributed by atoms with van der Waals surface area (Å²) in [6.07, 6.45) is 9.19. The predicted octanol–water partition coefficient (Wildman–Crippen LogP) is 2.40. The molecule has 3 heterocycles. The zero-order valence-electron chi connectivity index (χ0n) is 18.2. The van der Waals surface area contributed by atoms with Gasteiger partial charge in [0, 0.05) is 24.2 Å². The Morgan fingerprint density at radius 2 is 1.91 bits per heavy atom. The minimum atomic E-state index is -0.486. The molecule has 0 saturated heterocycles. The largest absolute Gasteiger partial charge is 0.487 e. The normalized spacial score (nSPS) is 12.7. The number of benzene rings is 1. The minimum absolute atomic E-state index is 0.216. The van der Waals surface area contributed by atoms with E-state index >= 15 is 0 Å². The van der Waals surface area contributed by atoms with E-state index in [0.29, 0.717) is 30.4 Å². The highest BCUT2D eigenvalue weighted by atomic mass is 16.5. The van der Waals surface area contributed by atoms with Crippen LogP contribution in [0.4, 0.5) is 11.6 Å². The Hall–Kier alpha value is -4.30. The van der Waals surface area contributed by atoms with Crippen molar-refractivity contribution in [2.45, 2.75) is 39.1 Å². The molecule has 2 N–H and O–H groups in total. The molecule has 11 nitrogen and oxygen atoms in total. The second-order valence-electron chi connectivity index (χ2n) is 7.59. The number of hydrogen-bond donors (Lipinski definition) is 2. The lowest BCUT2D eigenvalue weighted by Gasteiger charge is -2.16. The summed E-state index contributed by atoms with van der Waals surface area (Å²) in [4.78, 5) is 12.7. The van der Waals surface area contributed by atoms with Crippen LogP contribution in [0.5, 0.6) is 5.75 Å². The van der Waals surface area contributed by atoms with Crippen molar-refractivity contribution < 1.29 is 9.84 Å².